The molecule has 130 valence electrons. The molecule has 2 aliphatic carbocycles. The molecule has 1 N–H and O–H groups in total. The molecule has 3 aliphatic rings. The van der Waals surface area contributed by atoms with Gasteiger partial charge in [0.2, 0.25) is 6.04 Å². The Morgan fingerprint density at radius 3 is 2.09 bits per heavy atom. The average Bonchev–Trinajstić information content (AvgIpc) is 3.09. The number of carboxylic acids is 1. The highest BCUT2D eigenvalue weighted by Gasteiger charge is 2.50. The molecule has 0 bridgehead atoms. The summed E-state index contributed by atoms with van der Waals surface area (Å²) in [6.45, 7) is 2.33. The summed E-state index contributed by atoms with van der Waals surface area (Å²) in [7, 11) is 0. The molecule has 6 heteroatoms. The van der Waals surface area contributed by atoms with E-state index in [9.17, 15) is 20.0 Å². The van der Waals surface area contributed by atoms with Crippen LogP contribution >= 0.6 is 0 Å². The number of hydrogen-bond donors (Lipinski definition) is 1. The van der Waals surface area contributed by atoms with Crippen molar-refractivity contribution in [3.8, 4) is 0 Å². The van der Waals surface area contributed by atoms with Gasteiger partial charge in [-0.25, -0.2) is 0 Å². The third kappa shape index (κ3) is 3.23. The first-order chi connectivity index (χ1) is 11.0. The van der Waals surface area contributed by atoms with E-state index in [0.29, 0.717) is 31.7 Å². The maximum atomic E-state index is 12.1. The van der Waals surface area contributed by atoms with Crippen molar-refractivity contribution in [1.82, 2.24) is 4.90 Å². The Morgan fingerprint density at radius 1 is 1.04 bits per heavy atom. The van der Waals surface area contributed by atoms with Crippen molar-refractivity contribution in [3.05, 3.63) is 10.1 Å². The van der Waals surface area contributed by atoms with Gasteiger partial charge in [-0.15, -0.1) is 0 Å². The molecule has 0 spiro atoms. The van der Waals surface area contributed by atoms with Crippen LogP contribution in [0.25, 0.3) is 0 Å². The SMILES string of the molecule is O=C(O)C1(C2CCC([N+](=O)[O-])CC2)CCC(N2CCCC2)CC1. The van der Waals surface area contributed by atoms with Crippen LogP contribution in [0.4, 0.5) is 0 Å². The lowest BCUT2D eigenvalue weighted by Crippen LogP contribution is -2.48. The van der Waals surface area contributed by atoms with Crippen LogP contribution in [0.5, 0.6) is 0 Å². The van der Waals surface area contributed by atoms with E-state index >= 15 is 0 Å². The third-order valence-corrected chi connectivity index (χ3v) is 6.71. The van der Waals surface area contributed by atoms with Crippen molar-refractivity contribution < 1.29 is 14.8 Å². The van der Waals surface area contributed by atoms with Gasteiger partial charge in [0.25, 0.3) is 0 Å². The molecular weight excluding hydrogens is 296 g/mol. The van der Waals surface area contributed by atoms with E-state index in [2.05, 4.69) is 4.90 Å². The summed E-state index contributed by atoms with van der Waals surface area (Å²) in [5, 5.41) is 20.8. The van der Waals surface area contributed by atoms with Gasteiger partial charge in [0.05, 0.1) is 5.41 Å². The zero-order valence-electron chi connectivity index (χ0n) is 13.8. The van der Waals surface area contributed by atoms with Crippen LogP contribution in [0.15, 0.2) is 0 Å². The van der Waals surface area contributed by atoms with Gasteiger partial charge in [-0.1, -0.05) is 0 Å². The lowest BCUT2D eigenvalue weighted by atomic mass is 9.60. The fourth-order valence-electron chi connectivity index (χ4n) is 5.23. The van der Waals surface area contributed by atoms with Gasteiger partial charge in [-0.05, 0) is 70.4 Å². The van der Waals surface area contributed by atoms with Gasteiger partial charge in [-0.2, -0.15) is 0 Å². The number of carboxylic acid groups (broad SMARTS) is 1. The van der Waals surface area contributed by atoms with Crippen LogP contribution in [0.1, 0.15) is 64.2 Å². The van der Waals surface area contributed by atoms with E-state index in [0.717, 1.165) is 25.7 Å². The topological polar surface area (TPSA) is 83.7 Å². The third-order valence-electron chi connectivity index (χ3n) is 6.71. The summed E-state index contributed by atoms with van der Waals surface area (Å²) in [5.41, 5.74) is -0.627. The zero-order valence-corrected chi connectivity index (χ0v) is 13.8. The van der Waals surface area contributed by atoms with Crippen molar-refractivity contribution in [2.24, 2.45) is 11.3 Å². The zero-order chi connectivity index (χ0) is 16.4. The molecule has 1 saturated heterocycles. The minimum atomic E-state index is -0.665. The van der Waals surface area contributed by atoms with Crippen LogP contribution in [-0.2, 0) is 4.79 Å². The van der Waals surface area contributed by atoms with Gasteiger partial charge in [0.1, 0.15) is 0 Å². The predicted molar refractivity (Wildman–Crippen MR) is 85.9 cm³/mol. The van der Waals surface area contributed by atoms with E-state index < -0.39 is 17.4 Å². The lowest BCUT2D eigenvalue weighted by molar-refractivity contribution is -0.527. The molecule has 2 saturated carbocycles. The molecule has 3 rings (SSSR count). The largest absolute Gasteiger partial charge is 0.481 e. The van der Waals surface area contributed by atoms with Gasteiger partial charge < -0.3 is 10.0 Å². The molecule has 0 radical (unpaired) electrons. The first-order valence-corrected chi connectivity index (χ1v) is 9.14. The van der Waals surface area contributed by atoms with E-state index in [4.69, 9.17) is 0 Å². The quantitative estimate of drug-likeness (QED) is 0.635. The molecule has 0 amide bonds. The molecule has 0 aromatic rings. The normalized spacial score (nSPS) is 39.2. The second-order valence-corrected chi connectivity index (χ2v) is 7.73. The van der Waals surface area contributed by atoms with E-state index in [1.165, 1.54) is 25.9 Å². The average molecular weight is 324 g/mol. The maximum absolute atomic E-state index is 12.1. The highest BCUT2D eigenvalue weighted by Crippen LogP contribution is 2.49. The molecule has 0 unspecified atom stereocenters. The van der Waals surface area contributed by atoms with E-state index in [1.807, 2.05) is 0 Å². The standard InChI is InChI=1S/C17H28N2O4/c20-16(21)17(13-3-5-15(6-4-13)19(22)23)9-7-14(8-10-17)18-11-1-2-12-18/h13-15H,1-12H2,(H,20,21). The Balaban J connectivity index is 1.63. The maximum Gasteiger partial charge on any atom is 0.309 e. The van der Waals surface area contributed by atoms with E-state index in [1.54, 1.807) is 0 Å². The molecule has 6 nitrogen and oxygen atoms in total. The highest BCUT2D eigenvalue weighted by atomic mass is 16.6. The number of nitrogens with zero attached hydrogens (tertiary/aromatic N) is 2. The van der Waals surface area contributed by atoms with Crippen molar-refractivity contribution in [3.63, 3.8) is 0 Å². The van der Waals surface area contributed by atoms with Crippen LogP contribution in [0, 0.1) is 21.4 Å². The summed E-state index contributed by atoms with van der Waals surface area (Å²) in [6.07, 6.45) is 8.47. The van der Waals surface area contributed by atoms with Crippen LogP contribution in [0.3, 0.4) is 0 Å². The first-order valence-electron chi connectivity index (χ1n) is 9.14. The number of carbonyl (C=O) groups is 1. The predicted octanol–water partition coefficient (Wildman–Crippen LogP) is 2.93. The fourth-order valence-corrected chi connectivity index (χ4v) is 5.23. The minimum Gasteiger partial charge on any atom is -0.481 e. The number of nitro groups is 1. The van der Waals surface area contributed by atoms with Gasteiger partial charge in [0.15, 0.2) is 0 Å². The van der Waals surface area contributed by atoms with Gasteiger partial charge >= 0.3 is 5.97 Å². The highest BCUT2D eigenvalue weighted by molar-refractivity contribution is 5.75. The van der Waals surface area contributed by atoms with Crippen molar-refractivity contribution in [2.75, 3.05) is 13.1 Å². The second-order valence-electron chi connectivity index (χ2n) is 7.73. The summed E-state index contributed by atoms with van der Waals surface area (Å²) >= 11 is 0. The van der Waals surface area contributed by atoms with Gasteiger partial charge in [-0.3, -0.25) is 14.9 Å². The van der Waals surface area contributed by atoms with Crippen molar-refractivity contribution >= 4 is 5.97 Å². The van der Waals surface area contributed by atoms with Crippen LogP contribution < -0.4 is 0 Å². The van der Waals surface area contributed by atoms with Crippen molar-refractivity contribution in [2.45, 2.75) is 76.3 Å². The molecule has 1 heterocycles. The summed E-state index contributed by atoms with van der Waals surface area (Å²) in [6, 6.07) is 0.0955. The molecule has 3 fully saturated rings. The Bertz CT molecular complexity index is 446. The lowest BCUT2D eigenvalue weighted by Gasteiger charge is -2.45. The summed E-state index contributed by atoms with van der Waals surface area (Å²) < 4.78 is 0. The number of aliphatic carboxylic acids is 1. The first kappa shape index (κ1) is 16.7. The van der Waals surface area contributed by atoms with Gasteiger partial charge in [0, 0.05) is 23.8 Å². The molecule has 23 heavy (non-hydrogen) atoms. The Morgan fingerprint density at radius 2 is 1.61 bits per heavy atom. The monoisotopic (exact) mass is 324 g/mol. The molecule has 0 aromatic heterocycles. The second kappa shape index (κ2) is 6.75. The fraction of sp³-hybridized carbons (Fsp3) is 0.941. The van der Waals surface area contributed by atoms with Crippen molar-refractivity contribution in [1.29, 1.82) is 0 Å². The molecule has 0 aromatic carbocycles. The number of rotatable bonds is 4. The Hall–Kier alpha value is -1.17. The molecule has 1 aliphatic heterocycles. The van der Waals surface area contributed by atoms with Crippen LogP contribution in [0.2, 0.25) is 0 Å². The summed E-state index contributed by atoms with van der Waals surface area (Å²) in [4.78, 5) is 25.3. The Kier molecular flexibility index (Phi) is 4.90. The number of hydrogen-bond acceptors (Lipinski definition) is 4. The van der Waals surface area contributed by atoms with Crippen LogP contribution in [-0.4, -0.2) is 46.1 Å². The minimum absolute atomic E-state index is 0.121. The molecular formula is C17H28N2O4. The smallest absolute Gasteiger partial charge is 0.309 e. The molecule has 0 atom stereocenters. The number of likely N-dealkylation sites (tertiary alicyclic amines) is 1. The van der Waals surface area contributed by atoms with E-state index in [-0.39, 0.29) is 10.8 Å². The Labute approximate surface area is 137 Å². The summed E-state index contributed by atoms with van der Waals surface area (Å²) in [5.74, 6) is -0.544.